The van der Waals surface area contributed by atoms with Gasteiger partial charge < -0.3 is 10.2 Å². The quantitative estimate of drug-likeness (QED) is 0.790. The number of para-hydroxylation sites is 2. The van der Waals surface area contributed by atoms with Crippen LogP contribution in [0.5, 0.6) is 0 Å². The molecule has 0 unspecified atom stereocenters. The van der Waals surface area contributed by atoms with Crippen molar-refractivity contribution >= 4 is 23.2 Å². The number of hydrogen-bond acceptors (Lipinski definition) is 3. The Morgan fingerprint density at radius 1 is 0.920 bits per heavy atom. The lowest BCUT2D eigenvalue weighted by atomic mass is 10.2. The lowest BCUT2D eigenvalue weighted by Gasteiger charge is -2.23. The van der Waals surface area contributed by atoms with Crippen LogP contribution in [0.1, 0.15) is 0 Å². The number of rotatable bonds is 7. The lowest BCUT2D eigenvalue weighted by molar-refractivity contribution is -0.122. The first kappa shape index (κ1) is 18.4. The first-order valence-corrected chi connectivity index (χ1v) is 8.10. The van der Waals surface area contributed by atoms with Crippen LogP contribution in [-0.4, -0.2) is 43.9 Å². The lowest BCUT2D eigenvalue weighted by Crippen LogP contribution is -2.37. The van der Waals surface area contributed by atoms with Gasteiger partial charge in [0.1, 0.15) is 0 Å². The van der Waals surface area contributed by atoms with Gasteiger partial charge in [0.25, 0.3) is 5.91 Å². The summed E-state index contributed by atoms with van der Waals surface area (Å²) < 4.78 is 0. The average Bonchev–Trinajstić information content (AvgIpc) is 2.62. The molecule has 0 radical (unpaired) electrons. The molecule has 0 fully saturated rings. The van der Waals surface area contributed by atoms with E-state index in [1.807, 2.05) is 79.7 Å². The molecule has 130 valence electrons. The van der Waals surface area contributed by atoms with E-state index in [0.29, 0.717) is 6.54 Å². The van der Waals surface area contributed by atoms with Crippen LogP contribution in [0.3, 0.4) is 0 Å². The van der Waals surface area contributed by atoms with Crippen molar-refractivity contribution in [2.75, 3.05) is 32.1 Å². The van der Waals surface area contributed by atoms with Crippen LogP contribution in [0.2, 0.25) is 0 Å². The molecule has 25 heavy (non-hydrogen) atoms. The highest BCUT2D eigenvalue weighted by atomic mass is 16.2. The standard InChI is InChI=1S/C20H23N3O2/c1-22(2)15-9-14-19(24)21-16-20(25)23(17-10-5-3-6-11-17)18-12-7-4-8-13-18/h3-14H,15-16H2,1-2H3,(H,21,24)/b14-9+. The molecule has 5 nitrogen and oxygen atoms in total. The fourth-order valence-corrected chi connectivity index (χ4v) is 2.26. The highest BCUT2D eigenvalue weighted by Gasteiger charge is 2.17. The van der Waals surface area contributed by atoms with Crippen LogP contribution in [0.25, 0.3) is 0 Å². The molecule has 2 rings (SSSR count). The molecular formula is C20H23N3O2. The van der Waals surface area contributed by atoms with Gasteiger partial charge in [0, 0.05) is 24.0 Å². The Morgan fingerprint density at radius 2 is 1.44 bits per heavy atom. The summed E-state index contributed by atoms with van der Waals surface area (Å²) >= 11 is 0. The van der Waals surface area contributed by atoms with Crippen molar-refractivity contribution in [3.63, 3.8) is 0 Å². The number of nitrogens with one attached hydrogen (secondary N) is 1. The minimum atomic E-state index is -0.281. The molecule has 0 spiro atoms. The molecule has 0 aliphatic carbocycles. The molecule has 2 aromatic rings. The molecule has 2 amide bonds. The first-order chi connectivity index (χ1) is 12.1. The number of benzene rings is 2. The van der Waals surface area contributed by atoms with Gasteiger partial charge in [-0.05, 0) is 38.4 Å². The Labute approximate surface area is 148 Å². The Hall–Kier alpha value is -2.92. The first-order valence-electron chi connectivity index (χ1n) is 8.10. The second-order valence-electron chi connectivity index (χ2n) is 5.78. The largest absolute Gasteiger partial charge is 0.343 e. The maximum absolute atomic E-state index is 12.7. The van der Waals surface area contributed by atoms with Crippen molar-refractivity contribution in [3.8, 4) is 0 Å². The summed E-state index contributed by atoms with van der Waals surface area (Å²) in [5, 5.41) is 2.64. The Kier molecular flexibility index (Phi) is 6.92. The van der Waals surface area contributed by atoms with Gasteiger partial charge in [-0.2, -0.15) is 0 Å². The zero-order valence-corrected chi connectivity index (χ0v) is 14.6. The van der Waals surface area contributed by atoms with E-state index in [1.165, 1.54) is 6.08 Å². The third-order valence-corrected chi connectivity index (χ3v) is 3.43. The number of anilines is 2. The van der Waals surface area contributed by atoms with Crippen molar-refractivity contribution in [3.05, 3.63) is 72.8 Å². The topological polar surface area (TPSA) is 52.7 Å². The number of likely N-dealkylation sites (N-methyl/N-ethyl adjacent to an activating group) is 1. The summed E-state index contributed by atoms with van der Waals surface area (Å²) in [6.45, 7) is 0.594. The zero-order valence-electron chi connectivity index (χ0n) is 14.6. The highest BCUT2D eigenvalue weighted by molar-refractivity contribution is 6.03. The van der Waals surface area contributed by atoms with Gasteiger partial charge >= 0.3 is 0 Å². The van der Waals surface area contributed by atoms with Crippen LogP contribution in [0.4, 0.5) is 11.4 Å². The monoisotopic (exact) mass is 337 g/mol. The van der Waals surface area contributed by atoms with E-state index in [1.54, 1.807) is 11.0 Å². The van der Waals surface area contributed by atoms with Gasteiger partial charge in [0.2, 0.25) is 5.91 Å². The van der Waals surface area contributed by atoms with Crippen LogP contribution in [0, 0.1) is 0 Å². The molecule has 0 saturated heterocycles. The molecule has 1 N–H and O–H groups in total. The van der Waals surface area contributed by atoms with Gasteiger partial charge in [-0.15, -0.1) is 0 Å². The summed E-state index contributed by atoms with van der Waals surface area (Å²) in [6.07, 6.45) is 3.20. The van der Waals surface area contributed by atoms with Gasteiger partial charge in [-0.3, -0.25) is 14.5 Å². The van der Waals surface area contributed by atoms with E-state index < -0.39 is 0 Å². The third-order valence-electron chi connectivity index (χ3n) is 3.43. The summed E-state index contributed by atoms with van der Waals surface area (Å²) in [6, 6.07) is 18.8. The van der Waals surface area contributed by atoms with Crippen LogP contribution >= 0.6 is 0 Å². The maximum atomic E-state index is 12.7. The molecule has 5 heteroatoms. The van der Waals surface area contributed by atoms with E-state index in [-0.39, 0.29) is 18.4 Å². The number of nitrogens with zero attached hydrogens (tertiary/aromatic N) is 2. The van der Waals surface area contributed by atoms with Gasteiger partial charge in [0.15, 0.2) is 0 Å². The molecule has 0 atom stereocenters. The van der Waals surface area contributed by atoms with Gasteiger partial charge in [-0.25, -0.2) is 0 Å². The smallest absolute Gasteiger partial charge is 0.250 e. The molecular weight excluding hydrogens is 314 g/mol. The number of carbonyl (C=O) groups is 2. The van der Waals surface area contributed by atoms with Gasteiger partial charge in [-0.1, -0.05) is 42.5 Å². The Bertz CT molecular complexity index is 673. The minimum Gasteiger partial charge on any atom is -0.343 e. The molecule has 0 bridgehead atoms. The molecule has 2 aromatic carbocycles. The second kappa shape index (κ2) is 9.39. The molecule has 0 heterocycles. The normalized spacial score (nSPS) is 10.8. The summed E-state index contributed by atoms with van der Waals surface area (Å²) in [5.74, 6) is -0.483. The van der Waals surface area contributed by atoms with Crippen molar-refractivity contribution in [2.24, 2.45) is 0 Å². The van der Waals surface area contributed by atoms with Crippen molar-refractivity contribution in [1.82, 2.24) is 10.2 Å². The van der Waals surface area contributed by atoms with Crippen molar-refractivity contribution < 1.29 is 9.59 Å². The summed E-state index contributed by atoms with van der Waals surface area (Å²) in [7, 11) is 3.84. The van der Waals surface area contributed by atoms with Crippen molar-refractivity contribution in [1.29, 1.82) is 0 Å². The van der Waals surface area contributed by atoms with E-state index in [2.05, 4.69) is 5.32 Å². The molecule has 0 saturated carbocycles. The predicted molar refractivity (Wildman–Crippen MR) is 101 cm³/mol. The Morgan fingerprint density at radius 3 is 1.92 bits per heavy atom. The predicted octanol–water partition coefficient (Wildman–Crippen LogP) is 2.59. The number of hydrogen-bond donors (Lipinski definition) is 1. The van der Waals surface area contributed by atoms with Crippen molar-refractivity contribution in [2.45, 2.75) is 0 Å². The molecule has 0 aromatic heterocycles. The summed E-state index contributed by atoms with van der Waals surface area (Å²) in [4.78, 5) is 28.1. The molecule has 0 aliphatic rings. The van der Waals surface area contributed by atoms with E-state index >= 15 is 0 Å². The van der Waals surface area contributed by atoms with E-state index in [0.717, 1.165) is 11.4 Å². The van der Waals surface area contributed by atoms with Crippen LogP contribution in [0.15, 0.2) is 72.8 Å². The van der Waals surface area contributed by atoms with Crippen LogP contribution < -0.4 is 10.2 Å². The third kappa shape index (κ3) is 5.90. The highest BCUT2D eigenvalue weighted by Crippen LogP contribution is 2.24. The number of amides is 2. The fourth-order valence-electron chi connectivity index (χ4n) is 2.26. The maximum Gasteiger partial charge on any atom is 0.250 e. The average molecular weight is 337 g/mol. The fraction of sp³-hybridized carbons (Fsp3) is 0.200. The van der Waals surface area contributed by atoms with Gasteiger partial charge in [0.05, 0.1) is 6.54 Å². The van der Waals surface area contributed by atoms with Crippen LogP contribution in [-0.2, 0) is 9.59 Å². The second-order valence-corrected chi connectivity index (χ2v) is 5.78. The van der Waals surface area contributed by atoms with E-state index in [9.17, 15) is 9.59 Å². The zero-order chi connectivity index (χ0) is 18.1. The SMILES string of the molecule is CN(C)C/C=C/C(=O)NCC(=O)N(c1ccccc1)c1ccccc1. The Balaban J connectivity index is 2.07. The molecule has 0 aliphatic heterocycles. The summed E-state index contributed by atoms with van der Waals surface area (Å²) in [5.41, 5.74) is 1.52. The van der Waals surface area contributed by atoms with E-state index in [4.69, 9.17) is 0 Å². The minimum absolute atomic E-state index is 0.0745. The number of carbonyl (C=O) groups excluding carboxylic acids is 2.